The number of phenolic OH excluding ortho intramolecular Hbond substituents is 5. The summed E-state index contributed by atoms with van der Waals surface area (Å²) in [5.41, 5.74) is 25.1. The SMILES string of the molecule is C=C(C)C(=O)OCCCOc1c2cc(CCCCCC)cc1Cc1cc(CCCCCC)cc(c1O)Cc1cc(CCCCCC)cc(c1O)Cc1cc(CCCCCC)cc(c1O)C2.C=C(C)C(=O)OCCCOc1c2cc(CCCCCC)cc1Cc1cc(CCCCCC)cc(c1O)Cc1cc(CCCCCC)cc(c1OCCCOC(=O)C(=C)C)Cc1cc(CCCCCC)cc(c1O)C2. The van der Waals surface area contributed by atoms with Gasteiger partial charge in [0.1, 0.15) is 46.0 Å². The molecular weight excluding hydrogens is 1730 g/mol. The first-order valence-corrected chi connectivity index (χ1v) is 54.4. The number of phenols is 5. The number of rotatable bonds is 58. The second-order valence-electron chi connectivity index (χ2n) is 40.3. The van der Waals surface area contributed by atoms with Crippen LogP contribution in [-0.2, 0) is 131 Å². The van der Waals surface area contributed by atoms with Crippen LogP contribution < -0.4 is 14.2 Å². The Hall–Kier alpha value is -10.2. The topological polar surface area (TPSA) is 208 Å². The summed E-state index contributed by atoms with van der Waals surface area (Å²) in [5, 5.41) is 62.4. The van der Waals surface area contributed by atoms with Crippen molar-refractivity contribution in [2.75, 3.05) is 39.6 Å². The monoisotopic (exact) mass is 1900 g/mol. The molecule has 8 aromatic rings. The van der Waals surface area contributed by atoms with Crippen LogP contribution in [0.3, 0.4) is 0 Å². The molecule has 0 spiro atoms. The fraction of sp³-hybridized carbons (Fsp3) is 0.544. The van der Waals surface area contributed by atoms with Gasteiger partial charge >= 0.3 is 17.9 Å². The van der Waals surface area contributed by atoms with Gasteiger partial charge in [0.15, 0.2) is 0 Å². The zero-order chi connectivity index (χ0) is 99.8. The summed E-state index contributed by atoms with van der Waals surface area (Å²) >= 11 is 0. The predicted octanol–water partition coefficient (Wildman–Crippen LogP) is 30.9. The van der Waals surface area contributed by atoms with Crippen LogP contribution in [0.5, 0.6) is 46.0 Å². The number of ether oxygens (including phenoxy) is 6. The Morgan fingerprint density at radius 3 is 0.482 bits per heavy atom. The van der Waals surface area contributed by atoms with Crippen molar-refractivity contribution < 1.29 is 68.3 Å². The summed E-state index contributed by atoms with van der Waals surface area (Å²) in [5.74, 6) is 2.40. The minimum atomic E-state index is -0.414. The van der Waals surface area contributed by atoms with Crippen LogP contribution in [0.4, 0.5) is 0 Å². The van der Waals surface area contributed by atoms with E-state index < -0.39 is 17.9 Å². The Bertz CT molecular complexity index is 4850. The quantitative estimate of drug-likeness (QED) is 0.0104. The number of esters is 3. The molecule has 14 heteroatoms. The molecule has 2 aliphatic carbocycles. The summed E-state index contributed by atoms with van der Waals surface area (Å²) in [6, 6.07) is 35.6. The molecule has 0 radical (unpaired) electrons. The molecule has 0 saturated carbocycles. The number of unbranched alkanes of at least 4 members (excludes halogenated alkanes) is 24. The van der Waals surface area contributed by atoms with Crippen LogP contribution in [0.2, 0.25) is 0 Å². The highest BCUT2D eigenvalue weighted by Crippen LogP contribution is 2.45. The molecule has 0 saturated heterocycles. The molecule has 5 N–H and O–H groups in total. The summed E-state index contributed by atoms with van der Waals surface area (Å²) in [6.07, 6.45) is 48.8. The Balaban J connectivity index is 0.000000313. The molecular formula is C125H174O14. The van der Waals surface area contributed by atoms with Gasteiger partial charge in [-0.15, -0.1) is 0 Å². The molecule has 0 atom stereocenters. The van der Waals surface area contributed by atoms with Crippen LogP contribution in [0.1, 0.15) is 434 Å². The van der Waals surface area contributed by atoms with Crippen molar-refractivity contribution in [3.8, 4) is 46.0 Å². The Kier molecular flexibility index (Phi) is 49.7. The third kappa shape index (κ3) is 37.0. The molecule has 0 unspecified atom stereocenters. The highest BCUT2D eigenvalue weighted by molar-refractivity contribution is 5.87. The van der Waals surface area contributed by atoms with Crippen LogP contribution in [0.25, 0.3) is 0 Å². The van der Waals surface area contributed by atoms with Gasteiger partial charge < -0.3 is 54.0 Å². The lowest BCUT2D eigenvalue weighted by Crippen LogP contribution is -2.12. The Morgan fingerprint density at radius 2 is 0.345 bits per heavy atom. The fourth-order valence-corrected chi connectivity index (χ4v) is 19.7. The van der Waals surface area contributed by atoms with Gasteiger partial charge in [0.25, 0.3) is 0 Å². The van der Waals surface area contributed by atoms with E-state index in [-0.39, 0.29) is 48.6 Å². The highest BCUT2D eigenvalue weighted by Gasteiger charge is 2.28. The number of carbonyl (C=O) groups excluding carboxylic acids is 3. The zero-order valence-electron chi connectivity index (χ0n) is 87.6. The van der Waals surface area contributed by atoms with E-state index in [1.165, 1.54) is 122 Å². The van der Waals surface area contributed by atoms with E-state index in [1.807, 2.05) is 0 Å². The molecule has 0 amide bonds. The number of hydrogen-bond acceptors (Lipinski definition) is 14. The number of hydrogen-bond donors (Lipinski definition) is 5. The predicted molar refractivity (Wildman–Crippen MR) is 573 cm³/mol. The van der Waals surface area contributed by atoms with Gasteiger partial charge in [-0.2, -0.15) is 0 Å². The summed E-state index contributed by atoms with van der Waals surface area (Å²) in [7, 11) is 0. The van der Waals surface area contributed by atoms with Crippen molar-refractivity contribution in [3.05, 3.63) is 267 Å². The van der Waals surface area contributed by atoms with Crippen molar-refractivity contribution in [1.82, 2.24) is 0 Å². The zero-order valence-corrected chi connectivity index (χ0v) is 87.6. The van der Waals surface area contributed by atoms with E-state index in [0.29, 0.717) is 107 Å². The number of carbonyl (C=O) groups is 3. The van der Waals surface area contributed by atoms with Gasteiger partial charge in [-0.1, -0.05) is 326 Å². The number of aryl methyl sites for hydroxylation is 8. The maximum atomic E-state index is 12.7. The van der Waals surface area contributed by atoms with Crippen molar-refractivity contribution in [1.29, 1.82) is 0 Å². The molecule has 0 aromatic heterocycles. The lowest BCUT2D eigenvalue weighted by atomic mass is 9.87. The van der Waals surface area contributed by atoms with Gasteiger partial charge in [-0.05, 0) is 257 Å². The Labute approximate surface area is 837 Å². The van der Waals surface area contributed by atoms with Gasteiger partial charge in [-0.25, -0.2) is 14.4 Å². The lowest BCUT2D eigenvalue weighted by molar-refractivity contribution is -0.140. The minimum Gasteiger partial charge on any atom is -0.507 e. The van der Waals surface area contributed by atoms with E-state index in [2.05, 4.69) is 172 Å². The van der Waals surface area contributed by atoms with Crippen molar-refractivity contribution in [2.24, 2.45) is 0 Å². The molecule has 14 nitrogen and oxygen atoms in total. The minimum absolute atomic E-state index is 0.203. The summed E-state index contributed by atoms with van der Waals surface area (Å²) in [4.78, 5) is 36.9. The van der Waals surface area contributed by atoms with Crippen molar-refractivity contribution in [3.63, 3.8) is 0 Å². The second kappa shape index (κ2) is 61.5. The maximum absolute atomic E-state index is 12.7. The summed E-state index contributed by atoms with van der Waals surface area (Å²) in [6.45, 7) is 35.7. The van der Waals surface area contributed by atoms with E-state index >= 15 is 0 Å². The molecule has 0 heterocycles. The lowest BCUT2D eigenvalue weighted by Gasteiger charge is -2.23. The molecule has 758 valence electrons. The standard InChI is InChI=1S/C66H92O8.C59H82O6/c1-9-13-17-21-27-49-35-53-43-57-39-51(29-23-19-15-11-3)41-59(63(57)71-31-25-33-73-65(69)47(5)6)45-55-37-50(28-22-18-14-10-2)38-56(62(55)68)46-60-42-52(30-24-20-16-12-4)40-58(44-54(36-49)61(53)67)64(60)72-32-26-34-74-66(70)48(7)8;1-7-11-15-19-24-43-30-47-38-49-32-44(25-20-16-12-8-2)34-51(56(49)61)40-53-36-46(27-22-18-14-10-4)37-54(58(53)64-28-23-29-65-59(63)42(5)6)41-52-35-45(26-21-17-13-9-3)33-50(57(52)62)39-48(31-43)55(47)60/h35-42,67-68H,5,7,9-34,43-46H2,1-4,6,8H3;30-37,60-62H,5,7-29,38-41H2,1-4,6H3. The van der Waals surface area contributed by atoms with E-state index in [9.17, 15) is 39.9 Å². The highest BCUT2D eigenvalue weighted by atomic mass is 16.5. The second-order valence-corrected chi connectivity index (χ2v) is 40.3. The third-order valence-corrected chi connectivity index (χ3v) is 27.5. The third-order valence-electron chi connectivity index (χ3n) is 27.5. The number of fused-ring (bicyclic) bond motifs is 16. The van der Waals surface area contributed by atoms with Crippen LogP contribution in [-0.4, -0.2) is 83.1 Å². The maximum Gasteiger partial charge on any atom is 0.333 e. The smallest absolute Gasteiger partial charge is 0.333 e. The van der Waals surface area contributed by atoms with Gasteiger partial charge in [-0.3, -0.25) is 0 Å². The van der Waals surface area contributed by atoms with Gasteiger partial charge in [0, 0.05) is 87.3 Å². The summed E-state index contributed by atoms with van der Waals surface area (Å²) < 4.78 is 37.0. The van der Waals surface area contributed by atoms with Gasteiger partial charge in [0.05, 0.1) is 39.6 Å². The molecule has 10 rings (SSSR count). The molecule has 0 aliphatic heterocycles. The van der Waals surface area contributed by atoms with Crippen molar-refractivity contribution in [2.45, 2.75) is 404 Å². The van der Waals surface area contributed by atoms with Crippen molar-refractivity contribution >= 4 is 17.9 Å². The first-order chi connectivity index (χ1) is 67.4. The largest absolute Gasteiger partial charge is 0.507 e. The average molecular weight is 1900 g/mol. The van der Waals surface area contributed by atoms with E-state index in [4.69, 9.17) is 28.4 Å². The van der Waals surface area contributed by atoms with Crippen LogP contribution in [0, 0.1) is 0 Å². The number of aromatic hydroxyl groups is 5. The molecule has 16 bridgehead atoms. The van der Waals surface area contributed by atoms with E-state index in [0.717, 1.165) is 286 Å². The molecule has 139 heavy (non-hydrogen) atoms. The molecule has 8 aromatic carbocycles. The first kappa shape index (κ1) is 112. The number of benzene rings is 8. The average Bonchev–Trinajstić information content (AvgIpc) is 0.783. The molecule has 0 fully saturated rings. The fourth-order valence-electron chi connectivity index (χ4n) is 19.7. The first-order valence-electron chi connectivity index (χ1n) is 54.4. The Morgan fingerprint density at radius 1 is 0.209 bits per heavy atom. The van der Waals surface area contributed by atoms with E-state index in [1.54, 1.807) is 20.8 Å². The normalized spacial score (nSPS) is 12.2. The van der Waals surface area contributed by atoms with Crippen LogP contribution >= 0.6 is 0 Å². The molecule has 2 aliphatic rings. The van der Waals surface area contributed by atoms with Crippen LogP contribution in [0.15, 0.2) is 134 Å². The van der Waals surface area contributed by atoms with Gasteiger partial charge in [0.2, 0.25) is 0 Å².